The predicted molar refractivity (Wildman–Crippen MR) is 97.6 cm³/mol. The van der Waals surface area contributed by atoms with Gasteiger partial charge in [0.15, 0.2) is 11.5 Å². The second-order valence-corrected chi connectivity index (χ2v) is 5.42. The van der Waals surface area contributed by atoms with Gasteiger partial charge in [-0.1, -0.05) is 25.5 Å². The molecular formula is C18H21N3O5. The molecule has 8 heteroatoms. The lowest BCUT2D eigenvalue weighted by atomic mass is 10.2. The van der Waals surface area contributed by atoms with Crippen molar-refractivity contribution in [1.82, 2.24) is 5.43 Å². The number of hydrazine groups is 1. The first-order valence-electron chi connectivity index (χ1n) is 8.17. The van der Waals surface area contributed by atoms with Crippen molar-refractivity contribution in [2.75, 3.05) is 19.1 Å². The maximum absolute atomic E-state index is 12.3. The fraction of sp³-hybridized carbons (Fsp3) is 0.278. The lowest BCUT2D eigenvalue weighted by molar-refractivity contribution is -0.384. The third kappa shape index (κ3) is 4.85. The minimum atomic E-state index is -0.528. The van der Waals surface area contributed by atoms with E-state index in [4.69, 9.17) is 9.47 Å². The Bertz CT molecular complexity index is 779. The largest absolute Gasteiger partial charge is 0.493 e. The quantitative estimate of drug-likeness (QED) is 0.403. The molecule has 0 bridgehead atoms. The molecule has 0 saturated heterocycles. The van der Waals surface area contributed by atoms with Gasteiger partial charge in [0.25, 0.3) is 11.6 Å². The Hall–Kier alpha value is -3.29. The summed E-state index contributed by atoms with van der Waals surface area (Å²) in [5, 5.41) is 11.0. The van der Waals surface area contributed by atoms with Gasteiger partial charge >= 0.3 is 0 Å². The molecule has 0 radical (unpaired) electrons. The number of nitrogens with one attached hydrogen (secondary N) is 2. The number of nitrogens with zero attached hydrogens (tertiary/aromatic N) is 1. The number of rotatable bonds is 9. The topological polar surface area (TPSA) is 103 Å². The van der Waals surface area contributed by atoms with Crippen LogP contribution in [0.25, 0.3) is 0 Å². The predicted octanol–water partition coefficient (Wildman–Crippen LogP) is 3.54. The zero-order chi connectivity index (χ0) is 18.9. The monoisotopic (exact) mass is 359 g/mol. The van der Waals surface area contributed by atoms with Crippen LogP contribution in [-0.2, 0) is 0 Å². The van der Waals surface area contributed by atoms with Gasteiger partial charge in [0.05, 0.1) is 18.6 Å². The fourth-order valence-electron chi connectivity index (χ4n) is 2.19. The summed E-state index contributed by atoms with van der Waals surface area (Å²) in [4.78, 5) is 22.8. The second-order valence-electron chi connectivity index (χ2n) is 5.42. The van der Waals surface area contributed by atoms with Crippen molar-refractivity contribution in [3.63, 3.8) is 0 Å². The molecule has 0 atom stereocenters. The summed E-state index contributed by atoms with van der Waals surface area (Å²) in [6.45, 7) is 2.63. The minimum absolute atomic E-state index is 0.134. The lowest BCUT2D eigenvalue weighted by Crippen LogP contribution is -2.29. The van der Waals surface area contributed by atoms with Crippen LogP contribution in [0.2, 0.25) is 0 Å². The molecule has 2 aromatic carbocycles. The first kappa shape index (κ1) is 19.0. The van der Waals surface area contributed by atoms with Crippen LogP contribution in [0.4, 0.5) is 11.4 Å². The average Bonchev–Trinajstić information content (AvgIpc) is 2.66. The Morgan fingerprint density at radius 3 is 2.65 bits per heavy atom. The van der Waals surface area contributed by atoms with Crippen molar-refractivity contribution in [3.8, 4) is 11.5 Å². The molecule has 26 heavy (non-hydrogen) atoms. The summed E-state index contributed by atoms with van der Waals surface area (Å²) < 4.78 is 10.9. The Morgan fingerprint density at radius 1 is 1.19 bits per heavy atom. The van der Waals surface area contributed by atoms with Gasteiger partial charge in [-0.15, -0.1) is 0 Å². The number of anilines is 1. The van der Waals surface area contributed by atoms with Gasteiger partial charge in [-0.25, -0.2) is 0 Å². The first-order valence-corrected chi connectivity index (χ1v) is 8.17. The van der Waals surface area contributed by atoms with E-state index in [9.17, 15) is 14.9 Å². The molecule has 1 amide bonds. The number of unbranched alkanes of at least 4 members (excludes halogenated alkanes) is 1. The summed E-state index contributed by atoms with van der Waals surface area (Å²) in [6, 6.07) is 10.8. The summed E-state index contributed by atoms with van der Waals surface area (Å²) in [5.41, 5.74) is 5.40. The number of benzene rings is 2. The number of methoxy groups -OCH3 is 1. The van der Waals surface area contributed by atoms with E-state index in [1.54, 1.807) is 30.3 Å². The van der Waals surface area contributed by atoms with Crippen molar-refractivity contribution in [1.29, 1.82) is 0 Å². The second kappa shape index (κ2) is 9.26. The van der Waals surface area contributed by atoms with Crippen molar-refractivity contribution in [2.24, 2.45) is 0 Å². The molecule has 8 nitrogen and oxygen atoms in total. The summed E-state index contributed by atoms with van der Waals surface area (Å²) >= 11 is 0. The highest BCUT2D eigenvalue weighted by Gasteiger charge is 2.15. The molecule has 0 aliphatic carbocycles. The number of carbonyl (C=O) groups excluding carboxylic acids is 1. The van der Waals surface area contributed by atoms with Crippen LogP contribution in [0, 0.1) is 10.1 Å². The van der Waals surface area contributed by atoms with Gasteiger partial charge in [0.2, 0.25) is 0 Å². The Labute approximate surface area is 151 Å². The SMILES string of the molecule is CCCCOc1ccc(C(=O)NNc2ccccc2[N+](=O)[O-])cc1OC. The molecule has 0 aromatic heterocycles. The van der Waals surface area contributed by atoms with Crippen molar-refractivity contribution in [3.05, 3.63) is 58.1 Å². The van der Waals surface area contributed by atoms with Crippen LogP contribution in [-0.4, -0.2) is 24.5 Å². The molecule has 2 aromatic rings. The molecule has 2 rings (SSSR count). The first-order chi connectivity index (χ1) is 12.6. The van der Waals surface area contributed by atoms with Crippen molar-refractivity contribution in [2.45, 2.75) is 19.8 Å². The van der Waals surface area contributed by atoms with Gasteiger partial charge in [-0.2, -0.15) is 0 Å². The number of amides is 1. The van der Waals surface area contributed by atoms with Crippen LogP contribution >= 0.6 is 0 Å². The fourth-order valence-corrected chi connectivity index (χ4v) is 2.19. The highest BCUT2D eigenvalue weighted by atomic mass is 16.6. The third-order valence-electron chi connectivity index (χ3n) is 3.59. The Kier molecular flexibility index (Phi) is 6.78. The van der Waals surface area contributed by atoms with E-state index in [0.717, 1.165) is 12.8 Å². The van der Waals surface area contributed by atoms with E-state index < -0.39 is 10.8 Å². The standard InChI is InChI=1S/C18H21N3O5/c1-3-4-11-26-16-10-9-13(12-17(16)25-2)18(22)20-19-14-7-5-6-8-15(14)21(23)24/h5-10,12,19H,3-4,11H2,1-2H3,(H,20,22). The van der Waals surface area contributed by atoms with E-state index in [1.807, 2.05) is 0 Å². The molecule has 0 fully saturated rings. The van der Waals surface area contributed by atoms with E-state index in [2.05, 4.69) is 17.8 Å². The van der Waals surface area contributed by atoms with E-state index in [1.165, 1.54) is 19.2 Å². The summed E-state index contributed by atoms with van der Waals surface area (Å²) in [6.07, 6.45) is 1.94. The summed E-state index contributed by atoms with van der Waals surface area (Å²) in [7, 11) is 1.50. The molecule has 0 aliphatic rings. The number of nitro benzene ring substituents is 1. The van der Waals surface area contributed by atoms with Crippen LogP contribution in [0.3, 0.4) is 0 Å². The van der Waals surface area contributed by atoms with Crippen LogP contribution in [0.15, 0.2) is 42.5 Å². The smallest absolute Gasteiger partial charge is 0.294 e. The van der Waals surface area contributed by atoms with Gasteiger partial charge in [-0.3, -0.25) is 25.8 Å². The maximum atomic E-state index is 12.3. The molecule has 0 saturated carbocycles. The van der Waals surface area contributed by atoms with Gasteiger partial charge in [0, 0.05) is 11.6 Å². The molecule has 0 unspecified atom stereocenters. The molecule has 0 spiro atoms. The zero-order valence-corrected chi connectivity index (χ0v) is 14.7. The zero-order valence-electron chi connectivity index (χ0n) is 14.7. The number of hydrogen-bond donors (Lipinski definition) is 2. The average molecular weight is 359 g/mol. The normalized spacial score (nSPS) is 10.1. The lowest BCUT2D eigenvalue weighted by Gasteiger charge is -2.13. The molecule has 2 N–H and O–H groups in total. The number of hydrogen-bond acceptors (Lipinski definition) is 6. The Morgan fingerprint density at radius 2 is 1.96 bits per heavy atom. The third-order valence-corrected chi connectivity index (χ3v) is 3.59. The number of nitro groups is 1. The van der Waals surface area contributed by atoms with Gasteiger partial charge < -0.3 is 9.47 Å². The minimum Gasteiger partial charge on any atom is -0.493 e. The van der Waals surface area contributed by atoms with Crippen molar-refractivity contribution >= 4 is 17.3 Å². The molecule has 0 heterocycles. The highest BCUT2D eigenvalue weighted by molar-refractivity contribution is 5.95. The number of ether oxygens (including phenoxy) is 2. The van der Waals surface area contributed by atoms with E-state index in [0.29, 0.717) is 23.7 Å². The van der Waals surface area contributed by atoms with Crippen LogP contribution < -0.4 is 20.3 Å². The maximum Gasteiger partial charge on any atom is 0.294 e. The molecular weight excluding hydrogens is 338 g/mol. The Balaban J connectivity index is 2.07. The molecule has 138 valence electrons. The van der Waals surface area contributed by atoms with Crippen molar-refractivity contribution < 1.29 is 19.2 Å². The van der Waals surface area contributed by atoms with Gasteiger partial charge in [-0.05, 0) is 30.7 Å². The van der Waals surface area contributed by atoms with E-state index >= 15 is 0 Å². The number of para-hydroxylation sites is 2. The highest BCUT2D eigenvalue weighted by Crippen LogP contribution is 2.28. The van der Waals surface area contributed by atoms with Crippen LogP contribution in [0.5, 0.6) is 11.5 Å². The number of carbonyl (C=O) groups is 1. The van der Waals surface area contributed by atoms with E-state index in [-0.39, 0.29) is 11.4 Å². The van der Waals surface area contributed by atoms with Crippen LogP contribution in [0.1, 0.15) is 30.1 Å². The molecule has 0 aliphatic heterocycles. The van der Waals surface area contributed by atoms with Gasteiger partial charge in [0.1, 0.15) is 5.69 Å². The summed E-state index contributed by atoms with van der Waals surface area (Å²) in [5.74, 6) is 0.546.